The van der Waals surface area contributed by atoms with E-state index < -0.39 is 5.97 Å². The van der Waals surface area contributed by atoms with Gasteiger partial charge in [-0.15, -0.1) is 0 Å². The van der Waals surface area contributed by atoms with Gasteiger partial charge in [0.15, 0.2) is 0 Å². The smallest absolute Gasteiger partial charge is 0.336 e. The highest BCUT2D eigenvalue weighted by atomic mass is 16.4. The molecule has 0 fully saturated rings. The number of carboxylic acid groups (broad SMARTS) is 1. The Hall–Kier alpha value is -2.75. The zero-order valence-electron chi connectivity index (χ0n) is 11.9. The predicted octanol–water partition coefficient (Wildman–Crippen LogP) is 3.62. The molecule has 21 heavy (non-hydrogen) atoms. The Labute approximate surface area is 123 Å². The summed E-state index contributed by atoms with van der Waals surface area (Å²) in [6, 6.07) is 16.5. The Morgan fingerprint density at radius 3 is 1.95 bits per heavy atom. The van der Waals surface area contributed by atoms with Gasteiger partial charge in [0, 0.05) is 5.56 Å². The molecule has 0 unspecified atom stereocenters. The minimum atomic E-state index is -0.969. The monoisotopic (exact) mass is 280 g/mol. The summed E-state index contributed by atoms with van der Waals surface area (Å²) in [5.74, 6) is -0.969. The van der Waals surface area contributed by atoms with E-state index in [2.05, 4.69) is 10.2 Å². The second kappa shape index (κ2) is 6.61. The van der Waals surface area contributed by atoms with Crippen LogP contribution in [0.4, 0.5) is 0 Å². The maximum atomic E-state index is 11.2. The van der Waals surface area contributed by atoms with E-state index in [1.807, 2.05) is 37.3 Å². The topological polar surface area (TPSA) is 62.0 Å². The number of rotatable bonds is 4. The van der Waals surface area contributed by atoms with E-state index in [0.717, 1.165) is 11.3 Å². The molecule has 0 bridgehead atoms. The molecule has 0 spiro atoms. The first-order chi connectivity index (χ1) is 10.1. The third-order valence-electron chi connectivity index (χ3n) is 3.09. The molecule has 2 aromatic carbocycles. The fourth-order valence-corrected chi connectivity index (χ4v) is 1.93. The lowest BCUT2D eigenvalue weighted by molar-refractivity contribution is 0.0696. The van der Waals surface area contributed by atoms with Crippen molar-refractivity contribution < 1.29 is 9.90 Å². The summed E-state index contributed by atoms with van der Waals surface area (Å²) < 4.78 is 0. The first kappa shape index (κ1) is 14.7. The molecule has 4 heteroatoms. The van der Waals surface area contributed by atoms with E-state index in [1.54, 1.807) is 31.2 Å². The zero-order chi connectivity index (χ0) is 15.2. The summed E-state index contributed by atoms with van der Waals surface area (Å²) in [7, 11) is 0. The molecule has 0 aliphatic carbocycles. The molecule has 106 valence electrons. The highest BCUT2D eigenvalue weighted by molar-refractivity contribution is 6.08. The van der Waals surface area contributed by atoms with E-state index >= 15 is 0 Å². The molecule has 4 nitrogen and oxygen atoms in total. The first-order valence-corrected chi connectivity index (χ1v) is 6.56. The SMILES string of the molecule is CC(=NN=C(C)c1ccccc1C(=O)O)c1ccccc1. The van der Waals surface area contributed by atoms with Gasteiger partial charge in [-0.2, -0.15) is 10.2 Å². The van der Waals surface area contributed by atoms with Gasteiger partial charge in [-0.3, -0.25) is 0 Å². The maximum absolute atomic E-state index is 11.2. The molecule has 0 saturated heterocycles. The second-order valence-electron chi connectivity index (χ2n) is 4.59. The molecule has 0 heterocycles. The van der Waals surface area contributed by atoms with Crippen molar-refractivity contribution in [3.63, 3.8) is 0 Å². The lowest BCUT2D eigenvalue weighted by Gasteiger charge is -2.04. The molecule has 2 rings (SSSR count). The Bertz CT molecular complexity index is 704. The van der Waals surface area contributed by atoms with E-state index in [4.69, 9.17) is 0 Å². The summed E-state index contributed by atoms with van der Waals surface area (Å²) in [6.45, 7) is 3.62. The van der Waals surface area contributed by atoms with E-state index in [1.165, 1.54) is 0 Å². The molecule has 0 aromatic heterocycles. The van der Waals surface area contributed by atoms with Gasteiger partial charge >= 0.3 is 5.97 Å². The maximum Gasteiger partial charge on any atom is 0.336 e. The molecule has 0 aliphatic rings. The van der Waals surface area contributed by atoms with Crippen molar-refractivity contribution in [2.45, 2.75) is 13.8 Å². The van der Waals surface area contributed by atoms with Gasteiger partial charge in [-0.25, -0.2) is 4.79 Å². The van der Waals surface area contributed by atoms with Gasteiger partial charge in [0.2, 0.25) is 0 Å². The van der Waals surface area contributed by atoms with Gasteiger partial charge in [-0.05, 0) is 25.5 Å². The van der Waals surface area contributed by atoms with Crippen molar-refractivity contribution >= 4 is 17.4 Å². The summed E-state index contributed by atoms with van der Waals surface area (Å²) >= 11 is 0. The average molecular weight is 280 g/mol. The molecule has 2 aromatic rings. The fraction of sp³-hybridized carbons (Fsp3) is 0.118. The zero-order valence-corrected chi connectivity index (χ0v) is 11.9. The van der Waals surface area contributed by atoms with Crippen LogP contribution < -0.4 is 0 Å². The summed E-state index contributed by atoms with van der Waals surface area (Å²) in [6.07, 6.45) is 0. The van der Waals surface area contributed by atoms with Crippen LogP contribution in [0.1, 0.15) is 35.3 Å². The van der Waals surface area contributed by atoms with Crippen LogP contribution in [0, 0.1) is 0 Å². The highest BCUT2D eigenvalue weighted by Crippen LogP contribution is 2.11. The molecular formula is C17H16N2O2. The summed E-state index contributed by atoms with van der Waals surface area (Å²) in [5.41, 5.74) is 3.15. The van der Waals surface area contributed by atoms with E-state index in [-0.39, 0.29) is 5.56 Å². The minimum Gasteiger partial charge on any atom is -0.478 e. The Morgan fingerprint density at radius 1 is 0.810 bits per heavy atom. The molecular weight excluding hydrogens is 264 g/mol. The van der Waals surface area contributed by atoms with Crippen LogP contribution in [-0.2, 0) is 0 Å². The van der Waals surface area contributed by atoms with Crippen LogP contribution in [0.3, 0.4) is 0 Å². The molecule has 0 aliphatic heterocycles. The van der Waals surface area contributed by atoms with Crippen molar-refractivity contribution in [1.29, 1.82) is 0 Å². The predicted molar refractivity (Wildman–Crippen MR) is 84.3 cm³/mol. The Kier molecular flexibility index (Phi) is 4.61. The Morgan fingerprint density at radius 2 is 1.33 bits per heavy atom. The number of carbonyl (C=O) groups is 1. The number of carboxylic acids is 1. The molecule has 0 amide bonds. The molecule has 0 radical (unpaired) electrons. The summed E-state index contributed by atoms with van der Waals surface area (Å²) in [4.78, 5) is 11.2. The molecule has 0 saturated carbocycles. The van der Waals surface area contributed by atoms with Crippen LogP contribution in [0.25, 0.3) is 0 Å². The van der Waals surface area contributed by atoms with Crippen molar-refractivity contribution in [2.24, 2.45) is 10.2 Å². The van der Waals surface area contributed by atoms with E-state index in [9.17, 15) is 9.90 Å². The molecule has 0 atom stereocenters. The van der Waals surface area contributed by atoms with Crippen LogP contribution >= 0.6 is 0 Å². The van der Waals surface area contributed by atoms with Gasteiger partial charge in [0.25, 0.3) is 0 Å². The molecule has 1 N–H and O–H groups in total. The fourth-order valence-electron chi connectivity index (χ4n) is 1.93. The minimum absolute atomic E-state index is 0.228. The highest BCUT2D eigenvalue weighted by Gasteiger charge is 2.10. The first-order valence-electron chi connectivity index (χ1n) is 6.56. The third kappa shape index (κ3) is 3.63. The number of hydrogen-bond acceptors (Lipinski definition) is 3. The number of benzene rings is 2. The average Bonchev–Trinajstić information content (AvgIpc) is 2.53. The second-order valence-corrected chi connectivity index (χ2v) is 4.59. The van der Waals surface area contributed by atoms with Crippen LogP contribution in [-0.4, -0.2) is 22.5 Å². The van der Waals surface area contributed by atoms with Crippen molar-refractivity contribution in [1.82, 2.24) is 0 Å². The normalized spacial score (nSPS) is 12.3. The quantitative estimate of drug-likeness (QED) is 0.686. The standard InChI is InChI=1S/C17H16N2O2/c1-12(14-8-4-3-5-9-14)18-19-13(2)15-10-6-7-11-16(15)17(20)21/h3-11H,1-2H3,(H,20,21). The number of hydrogen-bond donors (Lipinski definition) is 1. The summed E-state index contributed by atoms with van der Waals surface area (Å²) in [5, 5.41) is 17.5. The lowest BCUT2D eigenvalue weighted by atomic mass is 10.0. The largest absolute Gasteiger partial charge is 0.478 e. The van der Waals surface area contributed by atoms with Crippen molar-refractivity contribution in [3.8, 4) is 0 Å². The van der Waals surface area contributed by atoms with Crippen LogP contribution in [0.2, 0.25) is 0 Å². The number of aromatic carboxylic acids is 1. The number of nitrogens with zero attached hydrogens (tertiary/aromatic N) is 2. The Balaban J connectivity index is 2.32. The van der Waals surface area contributed by atoms with Crippen LogP contribution in [0.5, 0.6) is 0 Å². The van der Waals surface area contributed by atoms with Crippen molar-refractivity contribution in [3.05, 3.63) is 71.3 Å². The van der Waals surface area contributed by atoms with E-state index in [0.29, 0.717) is 11.3 Å². The third-order valence-corrected chi connectivity index (χ3v) is 3.09. The van der Waals surface area contributed by atoms with Gasteiger partial charge in [0.05, 0.1) is 17.0 Å². The van der Waals surface area contributed by atoms with Crippen molar-refractivity contribution in [2.75, 3.05) is 0 Å². The van der Waals surface area contributed by atoms with Gasteiger partial charge < -0.3 is 5.11 Å². The van der Waals surface area contributed by atoms with Gasteiger partial charge in [-0.1, -0.05) is 48.5 Å². The lowest BCUT2D eigenvalue weighted by Crippen LogP contribution is -2.06. The van der Waals surface area contributed by atoms with Crippen LogP contribution in [0.15, 0.2) is 64.8 Å². The van der Waals surface area contributed by atoms with Gasteiger partial charge in [0.1, 0.15) is 0 Å².